The summed E-state index contributed by atoms with van der Waals surface area (Å²) < 4.78 is 0.860. The minimum absolute atomic E-state index is 0.0343. The normalized spacial score (nSPS) is 12.0. The van der Waals surface area contributed by atoms with Gasteiger partial charge in [-0.15, -0.1) is 0 Å². The molecule has 0 aliphatic rings. The molecule has 102 valence electrons. The summed E-state index contributed by atoms with van der Waals surface area (Å²) in [5, 5.41) is 0. The lowest BCUT2D eigenvalue weighted by molar-refractivity contribution is 0.539. The monoisotopic (exact) mass is 313 g/mol. The molecular formula is C14H24BrN3. The number of halogens is 1. The Morgan fingerprint density at radius 1 is 1.28 bits per heavy atom. The van der Waals surface area contributed by atoms with Crippen molar-refractivity contribution >= 4 is 21.7 Å². The molecule has 0 aliphatic heterocycles. The van der Waals surface area contributed by atoms with Gasteiger partial charge in [0.2, 0.25) is 0 Å². The van der Waals surface area contributed by atoms with E-state index in [1.54, 1.807) is 0 Å². The van der Waals surface area contributed by atoms with Gasteiger partial charge in [0, 0.05) is 24.1 Å². The van der Waals surface area contributed by atoms with Gasteiger partial charge in [0.15, 0.2) is 0 Å². The fourth-order valence-corrected chi connectivity index (χ4v) is 2.14. The van der Waals surface area contributed by atoms with Crippen LogP contribution in [0.2, 0.25) is 0 Å². The van der Waals surface area contributed by atoms with Crippen LogP contribution in [0.1, 0.15) is 53.8 Å². The van der Waals surface area contributed by atoms with E-state index in [1.807, 2.05) is 6.07 Å². The standard InChI is InChI=1S/C14H24BrN3/c1-7-8-18(10(2)3)12-9-11(15)16-13(17-12)14(4,5)6/h9-10H,7-8H2,1-6H3. The largest absolute Gasteiger partial charge is 0.354 e. The zero-order valence-electron chi connectivity index (χ0n) is 12.3. The van der Waals surface area contributed by atoms with Crippen LogP contribution in [-0.4, -0.2) is 22.6 Å². The highest BCUT2D eigenvalue weighted by Gasteiger charge is 2.21. The smallest absolute Gasteiger partial charge is 0.137 e. The lowest BCUT2D eigenvalue weighted by atomic mass is 9.96. The molecule has 0 aliphatic carbocycles. The summed E-state index contributed by atoms with van der Waals surface area (Å²) in [6.07, 6.45) is 1.12. The molecule has 18 heavy (non-hydrogen) atoms. The minimum Gasteiger partial charge on any atom is -0.354 e. The van der Waals surface area contributed by atoms with Crippen molar-refractivity contribution < 1.29 is 0 Å². The van der Waals surface area contributed by atoms with Crippen molar-refractivity contribution in [3.8, 4) is 0 Å². The fourth-order valence-electron chi connectivity index (χ4n) is 1.77. The van der Waals surface area contributed by atoms with Gasteiger partial charge >= 0.3 is 0 Å². The average molecular weight is 314 g/mol. The topological polar surface area (TPSA) is 29.0 Å². The molecule has 0 amide bonds. The van der Waals surface area contributed by atoms with Crippen molar-refractivity contribution in [3.05, 3.63) is 16.5 Å². The molecule has 0 bridgehead atoms. The van der Waals surface area contributed by atoms with Crippen LogP contribution in [0.5, 0.6) is 0 Å². The summed E-state index contributed by atoms with van der Waals surface area (Å²) in [6, 6.07) is 2.45. The van der Waals surface area contributed by atoms with E-state index in [1.165, 1.54) is 0 Å². The number of aromatic nitrogens is 2. The first-order valence-electron chi connectivity index (χ1n) is 6.57. The average Bonchev–Trinajstić information content (AvgIpc) is 2.23. The Bertz CT molecular complexity index is 397. The molecule has 0 spiro atoms. The first kappa shape index (κ1) is 15.4. The Morgan fingerprint density at radius 3 is 2.33 bits per heavy atom. The van der Waals surface area contributed by atoms with Crippen LogP contribution in [0.25, 0.3) is 0 Å². The first-order valence-corrected chi connectivity index (χ1v) is 7.36. The highest BCUT2D eigenvalue weighted by atomic mass is 79.9. The maximum absolute atomic E-state index is 4.73. The third kappa shape index (κ3) is 3.94. The maximum atomic E-state index is 4.73. The number of hydrogen-bond donors (Lipinski definition) is 0. The fraction of sp³-hybridized carbons (Fsp3) is 0.714. The molecule has 0 saturated heterocycles. The molecule has 3 nitrogen and oxygen atoms in total. The molecule has 1 aromatic rings. The predicted molar refractivity (Wildman–Crippen MR) is 81.2 cm³/mol. The van der Waals surface area contributed by atoms with E-state index in [-0.39, 0.29) is 5.41 Å². The van der Waals surface area contributed by atoms with Crippen molar-refractivity contribution in [2.24, 2.45) is 0 Å². The molecule has 0 fully saturated rings. The van der Waals surface area contributed by atoms with E-state index in [4.69, 9.17) is 4.98 Å². The van der Waals surface area contributed by atoms with Gasteiger partial charge in [-0.25, -0.2) is 9.97 Å². The summed E-state index contributed by atoms with van der Waals surface area (Å²) in [4.78, 5) is 11.5. The van der Waals surface area contributed by atoms with E-state index in [2.05, 4.69) is 67.4 Å². The molecule has 0 atom stereocenters. The van der Waals surface area contributed by atoms with E-state index in [9.17, 15) is 0 Å². The van der Waals surface area contributed by atoms with Gasteiger partial charge in [0.05, 0.1) is 0 Å². The molecule has 0 saturated carbocycles. The van der Waals surface area contributed by atoms with Crippen LogP contribution in [-0.2, 0) is 5.41 Å². The Balaban J connectivity index is 3.19. The summed E-state index contributed by atoms with van der Waals surface area (Å²) >= 11 is 3.50. The van der Waals surface area contributed by atoms with Crippen LogP contribution >= 0.6 is 15.9 Å². The second kappa shape index (κ2) is 6.00. The van der Waals surface area contributed by atoms with Crippen LogP contribution in [0.4, 0.5) is 5.82 Å². The van der Waals surface area contributed by atoms with Crippen LogP contribution in [0, 0.1) is 0 Å². The Labute approximate surface area is 119 Å². The molecule has 0 radical (unpaired) electrons. The van der Waals surface area contributed by atoms with E-state index >= 15 is 0 Å². The molecule has 1 rings (SSSR count). The van der Waals surface area contributed by atoms with Gasteiger partial charge in [-0.05, 0) is 36.2 Å². The van der Waals surface area contributed by atoms with Crippen molar-refractivity contribution in [1.82, 2.24) is 9.97 Å². The zero-order chi connectivity index (χ0) is 13.9. The zero-order valence-corrected chi connectivity index (χ0v) is 13.9. The van der Waals surface area contributed by atoms with Crippen LogP contribution < -0.4 is 4.90 Å². The molecule has 0 N–H and O–H groups in total. The molecular weight excluding hydrogens is 290 g/mol. The van der Waals surface area contributed by atoms with Gasteiger partial charge in [0.25, 0.3) is 0 Å². The highest BCUT2D eigenvalue weighted by molar-refractivity contribution is 9.10. The Hall–Kier alpha value is -0.640. The second-order valence-electron chi connectivity index (χ2n) is 5.91. The molecule has 1 aromatic heterocycles. The molecule has 4 heteroatoms. The third-order valence-electron chi connectivity index (χ3n) is 2.73. The molecule has 0 unspecified atom stereocenters. The molecule has 0 aromatic carbocycles. The van der Waals surface area contributed by atoms with E-state index in [0.29, 0.717) is 6.04 Å². The third-order valence-corrected chi connectivity index (χ3v) is 3.14. The maximum Gasteiger partial charge on any atom is 0.137 e. The summed E-state index contributed by atoms with van der Waals surface area (Å²) in [6.45, 7) is 14.0. The van der Waals surface area contributed by atoms with E-state index in [0.717, 1.165) is 29.2 Å². The van der Waals surface area contributed by atoms with E-state index < -0.39 is 0 Å². The van der Waals surface area contributed by atoms with Gasteiger partial charge in [-0.2, -0.15) is 0 Å². The van der Waals surface area contributed by atoms with Gasteiger partial charge in [0.1, 0.15) is 16.2 Å². The highest BCUT2D eigenvalue weighted by Crippen LogP contribution is 2.25. The van der Waals surface area contributed by atoms with Gasteiger partial charge in [-0.1, -0.05) is 27.7 Å². The summed E-state index contributed by atoms with van der Waals surface area (Å²) in [5.41, 5.74) is -0.0343. The van der Waals surface area contributed by atoms with Crippen molar-refractivity contribution in [2.45, 2.75) is 59.4 Å². The van der Waals surface area contributed by atoms with Crippen LogP contribution in [0.15, 0.2) is 10.7 Å². The number of nitrogens with zero attached hydrogens (tertiary/aromatic N) is 3. The van der Waals surface area contributed by atoms with Gasteiger partial charge < -0.3 is 4.90 Å². The minimum atomic E-state index is -0.0343. The summed E-state index contributed by atoms with van der Waals surface area (Å²) in [7, 11) is 0. The lowest BCUT2D eigenvalue weighted by Gasteiger charge is -2.29. The quantitative estimate of drug-likeness (QED) is 0.781. The van der Waals surface area contributed by atoms with Crippen molar-refractivity contribution in [2.75, 3.05) is 11.4 Å². The van der Waals surface area contributed by atoms with Gasteiger partial charge in [-0.3, -0.25) is 0 Å². The Kier molecular flexibility index (Phi) is 5.14. The number of anilines is 1. The van der Waals surface area contributed by atoms with Crippen LogP contribution in [0.3, 0.4) is 0 Å². The first-order chi connectivity index (χ1) is 8.25. The second-order valence-corrected chi connectivity index (χ2v) is 6.72. The Morgan fingerprint density at radius 2 is 1.89 bits per heavy atom. The van der Waals surface area contributed by atoms with Crippen molar-refractivity contribution in [1.29, 1.82) is 0 Å². The SMILES string of the molecule is CCCN(c1cc(Br)nc(C(C)(C)C)n1)C(C)C. The lowest BCUT2D eigenvalue weighted by Crippen LogP contribution is -2.33. The predicted octanol–water partition coefficient (Wildman–Crippen LogP) is 4.16. The summed E-state index contributed by atoms with van der Waals surface area (Å²) in [5.74, 6) is 1.90. The number of rotatable bonds is 4. The molecule has 1 heterocycles. The van der Waals surface area contributed by atoms with Crippen molar-refractivity contribution in [3.63, 3.8) is 0 Å². The number of hydrogen-bond acceptors (Lipinski definition) is 3.